The second-order valence-corrected chi connectivity index (χ2v) is 9.56. The molecule has 0 bridgehead atoms. The van der Waals surface area contributed by atoms with Crippen LogP contribution in [0.3, 0.4) is 0 Å². The maximum Gasteiger partial charge on any atom is 0.164 e. The molecule has 180 valence electrons. The van der Waals surface area contributed by atoms with E-state index in [9.17, 15) is 0 Å². The van der Waals surface area contributed by atoms with Crippen molar-refractivity contribution in [3.63, 3.8) is 0 Å². The highest BCUT2D eigenvalue weighted by molar-refractivity contribution is 5.47. The standard InChI is InChI=1S/C30H31NO4/c1-29(2)34-27-25(19-12-20-31)33-26(28(27)35-29)21-32-30(22-13-6-3-7-14-22,23-15-8-4-9-16-23)24-17-10-5-11-18-24/h3-11,13-18,25-28H,12,19,21H2,1-2H3/t25-,26+,27-,28+/m0/s1. The smallest absolute Gasteiger partial charge is 0.164 e. The molecule has 5 nitrogen and oxygen atoms in total. The van der Waals surface area contributed by atoms with Crippen LogP contribution in [0.2, 0.25) is 0 Å². The van der Waals surface area contributed by atoms with E-state index < -0.39 is 11.4 Å². The number of rotatable bonds is 8. The summed E-state index contributed by atoms with van der Waals surface area (Å²) in [5.74, 6) is -0.697. The van der Waals surface area contributed by atoms with Crippen LogP contribution in [-0.4, -0.2) is 36.8 Å². The van der Waals surface area contributed by atoms with Crippen LogP contribution in [0.5, 0.6) is 0 Å². The Hall–Kier alpha value is -3.01. The summed E-state index contributed by atoms with van der Waals surface area (Å²) in [7, 11) is 0. The van der Waals surface area contributed by atoms with Gasteiger partial charge in [0.05, 0.1) is 18.8 Å². The molecule has 0 radical (unpaired) electrons. The summed E-state index contributed by atoms with van der Waals surface area (Å²) in [6, 6.07) is 33.1. The van der Waals surface area contributed by atoms with E-state index in [4.69, 9.17) is 24.2 Å². The molecule has 5 rings (SSSR count). The summed E-state index contributed by atoms with van der Waals surface area (Å²) in [4.78, 5) is 0. The lowest BCUT2D eigenvalue weighted by Gasteiger charge is -2.37. The van der Waals surface area contributed by atoms with Gasteiger partial charge in [-0.05, 0) is 37.0 Å². The van der Waals surface area contributed by atoms with Gasteiger partial charge in [0.1, 0.15) is 23.9 Å². The van der Waals surface area contributed by atoms with Crippen molar-refractivity contribution in [1.82, 2.24) is 0 Å². The lowest BCUT2D eigenvalue weighted by molar-refractivity contribution is -0.195. The predicted molar refractivity (Wildman–Crippen MR) is 132 cm³/mol. The van der Waals surface area contributed by atoms with Crippen molar-refractivity contribution in [2.75, 3.05) is 6.61 Å². The van der Waals surface area contributed by atoms with E-state index in [-0.39, 0.29) is 24.4 Å². The molecule has 5 heteroatoms. The highest BCUT2D eigenvalue weighted by atomic mass is 16.8. The molecule has 3 aromatic rings. The molecule has 0 spiro atoms. The fourth-order valence-electron chi connectivity index (χ4n) is 5.32. The van der Waals surface area contributed by atoms with Crippen LogP contribution < -0.4 is 0 Å². The third-order valence-electron chi connectivity index (χ3n) is 6.79. The van der Waals surface area contributed by atoms with Gasteiger partial charge in [-0.25, -0.2) is 0 Å². The summed E-state index contributed by atoms with van der Waals surface area (Å²) in [6.07, 6.45) is 0.0259. The minimum Gasteiger partial charge on any atom is -0.367 e. The van der Waals surface area contributed by atoms with Gasteiger partial charge in [-0.2, -0.15) is 5.26 Å². The van der Waals surface area contributed by atoms with Gasteiger partial charge in [0.25, 0.3) is 0 Å². The number of fused-ring (bicyclic) bond motifs is 1. The Labute approximate surface area is 207 Å². The van der Waals surface area contributed by atoms with Gasteiger partial charge in [-0.15, -0.1) is 0 Å². The van der Waals surface area contributed by atoms with Gasteiger partial charge < -0.3 is 18.9 Å². The minimum atomic E-state index is -0.831. The van der Waals surface area contributed by atoms with Gasteiger partial charge in [0, 0.05) is 6.42 Å². The topological polar surface area (TPSA) is 60.7 Å². The number of ether oxygens (including phenoxy) is 4. The van der Waals surface area contributed by atoms with E-state index in [0.717, 1.165) is 16.7 Å². The van der Waals surface area contributed by atoms with Crippen LogP contribution in [0.1, 0.15) is 43.4 Å². The molecule has 3 aromatic carbocycles. The van der Waals surface area contributed by atoms with Gasteiger partial charge in [0.15, 0.2) is 5.79 Å². The Kier molecular flexibility index (Phi) is 6.73. The molecule has 0 saturated carbocycles. The molecule has 4 atom stereocenters. The zero-order chi connectivity index (χ0) is 24.3. The van der Waals surface area contributed by atoms with Gasteiger partial charge >= 0.3 is 0 Å². The molecule has 2 aliphatic rings. The van der Waals surface area contributed by atoms with E-state index in [0.29, 0.717) is 19.4 Å². The van der Waals surface area contributed by atoms with Crippen molar-refractivity contribution < 1.29 is 18.9 Å². The molecule has 0 N–H and O–H groups in total. The van der Waals surface area contributed by atoms with Crippen molar-refractivity contribution in [2.45, 2.75) is 62.5 Å². The Morgan fingerprint density at radius 1 is 0.771 bits per heavy atom. The monoisotopic (exact) mass is 469 g/mol. The molecule has 0 aromatic heterocycles. The van der Waals surface area contributed by atoms with E-state index in [1.54, 1.807) is 0 Å². The molecule has 35 heavy (non-hydrogen) atoms. The molecule has 2 saturated heterocycles. The van der Waals surface area contributed by atoms with E-state index >= 15 is 0 Å². The van der Waals surface area contributed by atoms with Crippen molar-refractivity contribution >= 4 is 0 Å². The van der Waals surface area contributed by atoms with E-state index in [1.807, 2.05) is 68.4 Å². The fourth-order valence-corrected chi connectivity index (χ4v) is 5.32. The lowest BCUT2D eigenvalue weighted by atomic mass is 9.80. The van der Waals surface area contributed by atoms with Crippen LogP contribution in [0.15, 0.2) is 91.0 Å². The Bertz CT molecular complexity index is 1050. The Morgan fingerprint density at radius 3 is 1.69 bits per heavy atom. The molecular formula is C30H31NO4. The SMILES string of the molecule is CC1(C)O[C@@H]2[C@H](O1)[C@@H](COC(c1ccccc1)(c1ccccc1)c1ccccc1)O[C@H]2CCC#N. The highest BCUT2D eigenvalue weighted by Gasteiger charge is 2.55. The van der Waals surface area contributed by atoms with Crippen molar-refractivity contribution in [2.24, 2.45) is 0 Å². The number of nitriles is 1. The summed E-state index contributed by atoms with van der Waals surface area (Å²) < 4.78 is 25.8. The van der Waals surface area contributed by atoms with Crippen LogP contribution in [0, 0.1) is 11.3 Å². The second-order valence-electron chi connectivity index (χ2n) is 9.56. The fraction of sp³-hybridized carbons (Fsp3) is 0.367. The van der Waals surface area contributed by atoms with Crippen LogP contribution in [0.4, 0.5) is 0 Å². The largest absolute Gasteiger partial charge is 0.367 e. The van der Waals surface area contributed by atoms with Crippen LogP contribution in [0.25, 0.3) is 0 Å². The highest BCUT2D eigenvalue weighted by Crippen LogP contribution is 2.44. The van der Waals surface area contributed by atoms with Gasteiger partial charge in [-0.1, -0.05) is 91.0 Å². The third kappa shape index (κ3) is 4.63. The summed E-state index contributed by atoms with van der Waals surface area (Å²) in [5, 5.41) is 9.12. The first-order chi connectivity index (χ1) is 17.0. The quantitative estimate of drug-likeness (QED) is 0.403. The first kappa shape index (κ1) is 23.7. The second kappa shape index (κ2) is 9.93. The number of nitrogens with zero attached hydrogens (tertiary/aromatic N) is 1. The number of hydrogen-bond acceptors (Lipinski definition) is 5. The molecule has 2 fully saturated rings. The van der Waals surface area contributed by atoms with Crippen molar-refractivity contribution in [3.05, 3.63) is 108 Å². The maximum absolute atomic E-state index is 9.12. The molecule has 2 aliphatic heterocycles. The molecule has 0 aliphatic carbocycles. The van der Waals surface area contributed by atoms with Gasteiger partial charge in [-0.3, -0.25) is 0 Å². The average molecular weight is 470 g/mol. The van der Waals surface area contributed by atoms with Gasteiger partial charge in [0.2, 0.25) is 0 Å². The third-order valence-corrected chi connectivity index (χ3v) is 6.79. The molecule has 0 amide bonds. The summed E-state index contributed by atoms with van der Waals surface area (Å²) >= 11 is 0. The number of benzene rings is 3. The minimum absolute atomic E-state index is 0.199. The predicted octanol–water partition coefficient (Wildman–Crippen LogP) is 5.59. The van der Waals surface area contributed by atoms with Crippen LogP contribution in [-0.2, 0) is 24.5 Å². The molecule has 2 heterocycles. The van der Waals surface area contributed by atoms with Crippen molar-refractivity contribution in [3.8, 4) is 6.07 Å². The maximum atomic E-state index is 9.12. The summed E-state index contributed by atoms with van der Waals surface area (Å²) in [6.45, 7) is 4.15. The molecule has 0 unspecified atom stereocenters. The van der Waals surface area contributed by atoms with E-state index in [2.05, 4.69) is 42.5 Å². The Morgan fingerprint density at radius 2 is 1.23 bits per heavy atom. The summed E-state index contributed by atoms with van der Waals surface area (Å²) in [5.41, 5.74) is 2.29. The average Bonchev–Trinajstić information content (AvgIpc) is 3.38. The zero-order valence-corrected chi connectivity index (χ0v) is 20.2. The molecular weight excluding hydrogens is 438 g/mol. The van der Waals surface area contributed by atoms with E-state index in [1.165, 1.54) is 0 Å². The lowest BCUT2D eigenvalue weighted by Crippen LogP contribution is -2.39. The zero-order valence-electron chi connectivity index (χ0n) is 20.2. The van der Waals surface area contributed by atoms with Crippen molar-refractivity contribution in [1.29, 1.82) is 5.26 Å². The normalized spacial score (nSPS) is 25.2. The Balaban J connectivity index is 1.52. The number of hydrogen-bond donors (Lipinski definition) is 0. The van der Waals surface area contributed by atoms with Crippen LogP contribution >= 0.6 is 0 Å². The first-order valence-electron chi connectivity index (χ1n) is 12.2. The first-order valence-corrected chi connectivity index (χ1v) is 12.2.